The standard InChI is InChI=1S/C30H25ClF3N3O6/c1-29(2,3)43-28(39)18-7-9-21(10-8-18)40-15-22-25(31)26(30(32,33)34)36-37(22)20-6-4-5-19(13-20)23(38)11-17-12-24-27(35-14-17)42-16-41-24/h4-10,12-14H,11,15-16H2,1-3H3. The Kier molecular flexibility index (Phi) is 8.06. The van der Waals surface area contributed by atoms with E-state index >= 15 is 0 Å². The number of nitrogens with zero attached hydrogens (tertiary/aromatic N) is 3. The molecule has 1 aliphatic heterocycles. The molecule has 5 rings (SSSR count). The van der Waals surface area contributed by atoms with Crippen LogP contribution in [0.3, 0.4) is 0 Å². The average Bonchev–Trinajstić information content (AvgIpc) is 3.55. The van der Waals surface area contributed by atoms with Gasteiger partial charge in [-0.05, 0) is 68.8 Å². The van der Waals surface area contributed by atoms with Crippen molar-refractivity contribution in [1.29, 1.82) is 0 Å². The van der Waals surface area contributed by atoms with Gasteiger partial charge in [0.1, 0.15) is 23.7 Å². The van der Waals surface area contributed by atoms with E-state index in [9.17, 15) is 22.8 Å². The Hall–Kier alpha value is -4.58. The summed E-state index contributed by atoms with van der Waals surface area (Å²) in [5.41, 5.74) is -0.796. The van der Waals surface area contributed by atoms with Gasteiger partial charge in [-0.1, -0.05) is 23.7 Å². The summed E-state index contributed by atoms with van der Waals surface area (Å²) in [7, 11) is 0. The summed E-state index contributed by atoms with van der Waals surface area (Å²) in [5, 5.41) is 3.09. The minimum atomic E-state index is -4.84. The Labute approximate surface area is 249 Å². The molecule has 0 radical (unpaired) electrons. The van der Waals surface area contributed by atoms with Gasteiger partial charge in [-0.3, -0.25) is 4.79 Å². The number of Topliss-reactive ketones (excluding diaryl/α,β-unsaturated/α-hetero) is 1. The van der Waals surface area contributed by atoms with Crippen molar-refractivity contribution in [3.63, 3.8) is 0 Å². The number of ether oxygens (including phenoxy) is 4. The Balaban J connectivity index is 1.38. The SMILES string of the molecule is CC(C)(C)OC(=O)c1ccc(OCc2c(Cl)c(C(F)(F)F)nn2-c2cccc(C(=O)Cc3cnc4c(c3)OCO4)c2)cc1. The third-order valence-corrected chi connectivity index (χ3v) is 6.51. The molecule has 0 fully saturated rings. The molecule has 1 aliphatic rings. The number of ketones is 1. The fraction of sp³-hybridized carbons (Fsp3) is 0.267. The highest BCUT2D eigenvalue weighted by Gasteiger charge is 2.39. The molecule has 0 bridgehead atoms. The fourth-order valence-corrected chi connectivity index (χ4v) is 4.44. The van der Waals surface area contributed by atoms with Crippen LogP contribution in [0.5, 0.6) is 17.4 Å². The monoisotopic (exact) mass is 615 g/mol. The summed E-state index contributed by atoms with van der Waals surface area (Å²) in [4.78, 5) is 29.5. The molecule has 4 aromatic rings. The number of hydrogen-bond acceptors (Lipinski definition) is 8. The van der Waals surface area contributed by atoms with Crippen molar-refractivity contribution >= 4 is 23.4 Å². The molecule has 0 N–H and O–H groups in total. The van der Waals surface area contributed by atoms with Gasteiger partial charge in [0.15, 0.2) is 17.2 Å². The Bertz CT molecular complexity index is 1680. The van der Waals surface area contributed by atoms with Gasteiger partial charge < -0.3 is 18.9 Å². The number of carbonyl (C=O) groups excluding carboxylic acids is 2. The maximum absolute atomic E-state index is 13.8. The lowest BCUT2D eigenvalue weighted by molar-refractivity contribution is -0.141. The molecule has 9 nitrogen and oxygen atoms in total. The highest BCUT2D eigenvalue weighted by molar-refractivity contribution is 6.32. The molecule has 2 aromatic heterocycles. The molecule has 43 heavy (non-hydrogen) atoms. The van der Waals surface area contributed by atoms with E-state index in [4.69, 9.17) is 30.5 Å². The van der Waals surface area contributed by atoms with E-state index in [1.165, 1.54) is 48.7 Å². The zero-order valence-corrected chi connectivity index (χ0v) is 24.0. The summed E-state index contributed by atoms with van der Waals surface area (Å²) < 4.78 is 63.9. The van der Waals surface area contributed by atoms with Crippen LogP contribution < -0.4 is 14.2 Å². The number of carbonyl (C=O) groups is 2. The summed E-state index contributed by atoms with van der Waals surface area (Å²) >= 11 is 6.17. The number of fused-ring (bicyclic) bond motifs is 1. The first kappa shape index (κ1) is 29.9. The summed E-state index contributed by atoms with van der Waals surface area (Å²) in [5.74, 6) is 0.196. The smallest absolute Gasteiger partial charge is 0.436 e. The van der Waals surface area contributed by atoms with Gasteiger partial charge in [0.2, 0.25) is 6.79 Å². The lowest BCUT2D eigenvalue weighted by Crippen LogP contribution is -2.23. The highest BCUT2D eigenvalue weighted by atomic mass is 35.5. The largest absolute Gasteiger partial charge is 0.487 e. The maximum atomic E-state index is 13.8. The van der Waals surface area contributed by atoms with E-state index in [1.807, 2.05) is 0 Å². The molecule has 13 heteroatoms. The van der Waals surface area contributed by atoms with Crippen molar-refractivity contribution in [3.8, 4) is 23.1 Å². The summed E-state index contributed by atoms with van der Waals surface area (Å²) in [6.07, 6.45) is -3.38. The Morgan fingerprint density at radius 3 is 2.47 bits per heavy atom. The third-order valence-electron chi connectivity index (χ3n) is 6.11. The lowest BCUT2D eigenvalue weighted by atomic mass is 10.0. The van der Waals surface area contributed by atoms with Crippen LogP contribution in [0.25, 0.3) is 5.69 Å². The van der Waals surface area contributed by atoms with E-state index in [2.05, 4.69) is 10.1 Å². The predicted molar refractivity (Wildman–Crippen MR) is 148 cm³/mol. The van der Waals surface area contributed by atoms with Crippen LogP contribution in [0.4, 0.5) is 13.2 Å². The van der Waals surface area contributed by atoms with Gasteiger partial charge in [-0.25, -0.2) is 14.5 Å². The van der Waals surface area contributed by atoms with Crippen LogP contribution in [0.2, 0.25) is 5.02 Å². The van der Waals surface area contributed by atoms with Crippen molar-refractivity contribution in [1.82, 2.24) is 14.8 Å². The van der Waals surface area contributed by atoms with E-state index in [0.717, 1.165) is 4.68 Å². The predicted octanol–water partition coefficient (Wildman–Crippen LogP) is 6.63. The molecule has 224 valence electrons. The van der Waals surface area contributed by atoms with Crippen LogP contribution >= 0.6 is 11.6 Å². The first-order valence-corrected chi connectivity index (χ1v) is 13.4. The van der Waals surface area contributed by atoms with Crippen molar-refractivity contribution in [2.24, 2.45) is 0 Å². The molecule has 0 unspecified atom stereocenters. The third kappa shape index (κ3) is 6.91. The minimum Gasteiger partial charge on any atom is -0.487 e. The van der Waals surface area contributed by atoms with Gasteiger partial charge in [-0.2, -0.15) is 18.3 Å². The van der Waals surface area contributed by atoms with Crippen LogP contribution in [-0.4, -0.2) is 38.9 Å². The maximum Gasteiger partial charge on any atom is 0.436 e. The van der Waals surface area contributed by atoms with E-state index in [1.54, 1.807) is 32.9 Å². The van der Waals surface area contributed by atoms with Gasteiger partial charge in [-0.15, -0.1) is 0 Å². The van der Waals surface area contributed by atoms with E-state index in [0.29, 0.717) is 17.2 Å². The summed E-state index contributed by atoms with van der Waals surface area (Å²) in [6, 6.07) is 13.6. The molecule has 2 aromatic carbocycles. The minimum absolute atomic E-state index is 0.0317. The van der Waals surface area contributed by atoms with Gasteiger partial charge >= 0.3 is 12.1 Å². The van der Waals surface area contributed by atoms with Gasteiger partial charge in [0.25, 0.3) is 5.88 Å². The normalized spacial score (nSPS) is 12.7. The summed E-state index contributed by atoms with van der Waals surface area (Å²) in [6.45, 7) is 4.87. The van der Waals surface area contributed by atoms with Gasteiger partial charge in [0.05, 0.1) is 16.3 Å². The number of halogens is 4. The molecular formula is C30H25ClF3N3O6. The van der Waals surface area contributed by atoms with Crippen LogP contribution in [0, 0.1) is 0 Å². The van der Waals surface area contributed by atoms with Crippen LogP contribution in [-0.2, 0) is 23.9 Å². The van der Waals surface area contributed by atoms with Crippen molar-refractivity contribution < 1.29 is 41.7 Å². The first-order chi connectivity index (χ1) is 20.3. The molecule has 0 saturated carbocycles. The second-order valence-corrected chi connectivity index (χ2v) is 10.9. The molecule has 0 aliphatic carbocycles. The second kappa shape index (κ2) is 11.6. The molecule has 0 atom stereocenters. The Morgan fingerprint density at radius 1 is 1.02 bits per heavy atom. The molecule has 0 amide bonds. The number of aromatic nitrogens is 3. The topological polar surface area (TPSA) is 102 Å². The fourth-order valence-electron chi connectivity index (χ4n) is 4.16. The van der Waals surface area contributed by atoms with Crippen LogP contribution in [0.1, 0.15) is 58.4 Å². The molecular weight excluding hydrogens is 591 g/mol. The number of esters is 1. The van der Waals surface area contributed by atoms with Crippen molar-refractivity contribution in [2.45, 2.75) is 45.6 Å². The van der Waals surface area contributed by atoms with Gasteiger partial charge in [0, 0.05) is 18.2 Å². The number of rotatable bonds is 8. The van der Waals surface area contributed by atoms with E-state index in [-0.39, 0.29) is 47.3 Å². The number of hydrogen-bond donors (Lipinski definition) is 0. The number of alkyl halides is 3. The lowest BCUT2D eigenvalue weighted by Gasteiger charge is -2.19. The average molecular weight is 616 g/mol. The van der Waals surface area contributed by atoms with E-state index < -0.39 is 35.1 Å². The first-order valence-electron chi connectivity index (χ1n) is 13.0. The van der Waals surface area contributed by atoms with Crippen LogP contribution in [0.15, 0.2) is 60.8 Å². The second-order valence-electron chi connectivity index (χ2n) is 10.5. The number of pyridine rings is 1. The zero-order chi connectivity index (χ0) is 30.9. The highest BCUT2D eigenvalue weighted by Crippen LogP contribution is 2.37. The molecule has 0 spiro atoms. The number of benzene rings is 2. The quantitative estimate of drug-likeness (QED) is 0.161. The molecule has 0 saturated heterocycles. The zero-order valence-electron chi connectivity index (χ0n) is 23.2. The molecule has 3 heterocycles. The van der Waals surface area contributed by atoms with Crippen molar-refractivity contribution in [2.75, 3.05) is 6.79 Å². The Morgan fingerprint density at radius 2 is 1.77 bits per heavy atom. The van der Waals surface area contributed by atoms with Crippen molar-refractivity contribution in [3.05, 3.63) is 93.9 Å².